The van der Waals surface area contributed by atoms with Crippen LogP contribution in [0.25, 0.3) is 0 Å². The minimum atomic E-state index is -4.40. The lowest BCUT2D eigenvalue weighted by Crippen LogP contribution is -2.33. The maximum Gasteiger partial charge on any atom is 0.416 e. The Morgan fingerprint density at radius 1 is 1.04 bits per heavy atom. The highest BCUT2D eigenvalue weighted by Crippen LogP contribution is 2.31. The standard InChI is InChI=1S/C17H13F3N2O3/c1-11(16(23)22-10-21)24-13-6-8-15(9-7-13)25-14-4-2-12(3-5-14)17(18,19)20/h2-9,11H,1H3,(H,22,23). The number of carbonyl (C=O) groups excluding carboxylic acids is 1. The van der Waals surface area contributed by atoms with Crippen LogP contribution < -0.4 is 14.8 Å². The third-order valence-corrected chi connectivity index (χ3v) is 3.10. The summed E-state index contributed by atoms with van der Waals surface area (Å²) in [4.78, 5) is 11.4. The minimum Gasteiger partial charge on any atom is -0.481 e. The number of nitriles is 1. The van der Waals surface area contributed by atoms with Gasteiger partial charge in [0.15, 0.2) is 12.3 Å². The summed E-state index contributed by atoms with van der Waals surface area (Å²) < 4.78 is 48.3. The Hall–Kier alpha value is -3.21. The van der Waals surface area contributed by atoms with Gasteiger partial charge in [0.2, 0.25) is 0 Å². The highest BCUT2D eigenvalue weighted by molar-refractivity contribution is 5.81. The van der Waals surface area contributed by atoms with Crippen molar-refractivity contribution in [2.45, 2.75) is 19.2 Å². The Kier molecular flexibility index (Phi) is 5.49. The van der Waals surface area contributed by atoms with Crippen LogP contribution in [0, 0.1) is 11.5 Å². The first kappa shape index (κ1) is 18.1. The molecule has 0 aliphatic carbocycles. The summed E-state index contributed by atoms with van der Waals surface area (Å²) in [6, 6.07) is 10.5. The molecule has 1 unspecified atom stereocenters. The molecule has 2 rings (SSSR count). The molecule has 25 heavy (non-hydrogen) atoms. The van der Waals surface area contributed by atoms with Crippen LogP contribution in [-0.4, -0.2) is 12.0 Å². The number of alkyl halides is 3. The molecule has 0 aliphatic rings. The van der Waals surface area contributed by atoms with Crippen LogP contribution >= 0.6 is 0 Å². The van der Waals surface area contributed by atoms with E-state index in [9.17, 15) is 18.0 Å². The van der Waals surface area contributed by atoms with E-state index in [-0.39, 0.29) is 5.75 Å². The van der Waals surface area contributed by atoms with Crippen molar-refractivity contribution in [3.8, 4) is 23.4 Å². The van der Waals surface area contributed by atoms with E-state index >= 15 is 0 Å². The predicted octanol–water partition coefficient (Wildman–Crippen LogP) is 3.86. The lowest BCUT2D eigenvalue weighted by Gasteiger charge is -2.13. The summed E-state index contributed by atoms with van der Waals surface area (Å²) >= 11 is 0. The number of nitrogens with one attached hydrogen (secondary N) is 1. The number of ether oxygens (including phenoxy) is 2. The van der Waals surface area contributed by atoms with Gasteiger partial charge in [-0.15, -0.1) is 0 Å². The van der Waals surface area contributed by atoms with Gasteiger partial charge in [-0.25, -0.2) is 0 Å². The van der Waals surface area contributed by atoms with Crippen LogP contribution in [0.2, 0.25) is 0 Å². The Labute approximate surface area is 141 Å². The second-order valence-electron chi connectivity index (χ2n) is 4.96. The zero-order chi connectivity index (χ0) is 18.4. The molecule has 130 valence electrons. The molecule has 2 aromatic carbocycles. The van der Waals surface area contributed by atoms with Crippen molar-refractivity contribution in [1.82, 2.24) is 5.32 Å². The number of rotatable bonds is 5. The first-order valence-electron chi connectivity index (χ1n) is 7.10. The fourth-order valence-electron chi connectivity index (χ4n) is 1.85. The van der Waals surface area contributed by atoms with Gasteiger partial charge < -0.3 is 9.47 Å². The molecule has 8 heteroatoms. The van der Waals surface area contributed by atoms with E-state index < -0.39 is 23.8 Å². The third kappa shape index (κ3) is 5.14. The lowest BCUT2D eigenvalue weighted by molar-refractivity contribution is -0.137. The van der Waals surface area contributed by atoms with Crippen LogP contribution in [0.3, 0.4) is 0 Å². The lowest BCUT2D eigenvalue weighted by atomic mass is 10.2. The van der Waals surface area contributed by atoms with Crippen molar-refractivity contribution in [3.05, 3.63) is 54.1 Å². The molecule has 1 amide bonds. The Morgan fingerprint density at radius 3 is 2.00 bits per heavy atom. The molecule has 0 saturated carbocycles. The van der Waals surface area contributed by atoms with E-state index in [1.165, 1.54) is 37.4 Å². The summed E-state index contributed by atoms with van der Waals surface area (Å²) in [6.07, 6.45) is -3.74. The highest BCUT2D eigenvalue weighted by atomic mass is 19.4. The molecular formula is C17H13F3N2O3. The molecule has 0 radical (unpaired) electrons. The first-order chi connectivity index (χ1) is 11.8. The smallest absolute Gasteiger partial charge is 0.416 e. The Morgan fingerprint density at radius 2 is 1.52 bits per heavy atom. The zero-order valence-electron chi connectivity index (χ0n) is 13.0. The van der Waals surface area contributed by atoms with Gasteiger partial charge in [-0.2, -0.15) is 18.4 Å². The van der Waals surface area contributed by atoms with E-state index in [2.05, 4.69) is 0 Å². The first-order valence-corrected chi connectivity index (χ1v) is 7.10. The monoisotopic (exact) mass is 350 g/mol. The van der Waals surface area contributed by atoms with Crippen molar-refractivity contribution >= 4 is 5.91 Å². The molecule has 5 nitrogen and oxygen atoms in total. The van der Waals surface area contributed by atoms with Gasteiger partial charge in [-0.3, -0.25) is 10.1 Å². The van der Waals surface area contributed by atoms with E-state index in [1.54, 1.807) is 12.1 Å². The second kappa shape index (κ2) is 7.57. The van der Waals surface area contributed by atoms with Crippen LogP contribution in [0.1, 0.15) is 12.5 Å². The van der Waals surface area contributed by atoms with Crippen LogP contribution in [0.15, 0.2) is 48.5 Å². The van der Waals surface area contributed by atoms with Gasteiger partial charge >= 0.3 is 6.18 Å². The van der Waals surface area contributed by atoms with Crippen LogP contribution in [-0.2, 0) is 11.0 Å². The van der Waals surface area contributed by atoms with Crippen molar-refractivity contribution in [2.24, 2.45) is 0 Å². The maximum absolute atomic E-state index is 12.5. The highest BCUT2D eigenvalue weighted by Gasteiger charge is 2.30. The predicted molar refractivity (Wildman–Crippen MR) is 81.8 cm³/mol. The molecule has 0 heterocycles. The largest absolute Gasteiger partial charge is 0.481 e. The number of carbonyl (C=O) groups is 1. The number of hydrogen-bond donors (Lipinski definition) is 1. The molecule has 0 aromatic heterocycles. The number of hydrogen-bond acceptors (Lipinski definition) is 4. The topological polar surface area (TPSA) is 71.3 Å². The van der Waals surface area contributed by atoms with Gasteiger partial charge in [0.05, 0.1) is 5.56 Å². The molecule has 0 saturated heterocycles. The van der Waals surface area contributed by atoms with E-state index in [0.717, 1.165) is 12.1 Å². The van der Waals surface area contributed by atoms with Gasteiger partial charge in [0, 0.05) is 0 Å². The Balaban J connectivity index is 1.98. The molecule has 0 spiro atoms. The van der Waals surface area contributed by atoms with Crippen molar-refractivity contribution < 1.29 is 27.4 Å². The number of nitrogens with zero attached hydrogens (tertiary/aromatic N) is 1. The fourth-order valence-corrected chi connectivity index (χ4v) is 1.85. The average molecular weight is 350 g/mol. The Bertz CT molecular complexity index is 766. The van der Waals surface area contributed by atoms with Gasteiger partial charge in [0.1, 0.15) is 17.2 Å². The average Bonchev–Trinajstić information content (AvgIpc) is 2.56. The van der Waals surface area contributed by atoms with E-state index in [4.69, 9.17) is 14.7 Å². The number of halogens is 3. The summed E-state index contributed by atoms with van der Waals surface area (Å²) in [5.41, 5.74) is -0.756. The van der Waals surface area contributed by atoms with Crippen molar-refractivity contribution in [1.29, 1.82) is 5.26 Å². The summed E-state index contributed by atoms with van der Waals surface area (Å²) in [6.45, 7) is 1.49. The number of amides is 1. The van der Waals surface area contributed by atoms with Gasteiger partial charge in [-0.05, 0) is 55.5 Å². The quantitative estimate of drug-likeness (QED) is 0.656. The molecular weight excluding hydrogens is 337 g/mol. The summed E-state index contributed by atoms with van der Waals surface area (Å²) in [7, 11) is 0. The SMILES string of the molecule is CC(Oc1ccc(Oc2ccc(C(F)(F)F)cc2)cc1)C(=O)NC#N. The molecule has 0 fully saturated rings. The van der Waals surface area contributed by atoms with Crippen LogP contribution in [0.5, 0.6) is 17.2 Å². The molecule has 1 atom stereocenters. The van der Waals surface area contributed by atoms with E-state index in [1.807, 2.05) is 5.32 Å². The number of benzene rings is 2. The zero-order valence-corrected chi connectivity index (χ0v) is 13.0. The normalized spacial score (nSPS) is 12.0. The van der Waals surface area contributed by atoms with Crippen LogP contribution in [0.4, 0.5) is 13.2 Å². The molecule has 2 aromatic rings. The molecule has 0 bridgehead atoms. The second-order valence-corrected chi connectivity index (χ2v) is 4.96. The molecule has 0 aliphatic heterocycles. The maximum atomic E-state index is 12.5. The minimum absolute atomic E-state index is 0.253. The van der Waals surface area contributed by atoms with E-state index in [0.29, 0.717) is 11.5 Å². The third-order valence-electron chi connectivity index (χ3n) is 3.10. The summed E-state index contributed by atoms with van der Waals surface area (Å²) in [5.74, 6) is 0.442. The fraction of sp³-hybridized carbons (Fsp3) is 0.176. The summed E-state index contributed by atoms with van der Waals surface area (Å²) in [5, 5.41) is 10.3. The molecule has 1 N–H and O–H groups in total. The van der Waals surface area contributed by atoms with Gasteiger partial charge in [-0.1, -0.05) is 0 Å². The van der Waals surface area contributed by atoms with Gasteiger partial charge in [0.25, 0.3) is 5.91 Å². The van der Waals surface area contributed by atoms with Crippen molar-refractivity contribution in [3.63, 3.8) is 0 Å². The van der Waals surface area contributed by atoms with Crippen molar-refractivity contribution in [2.75, 3.05) is 0 Å².